The molecule has 1 atom stereocenters. The molecule has 0 fully saturated rings. The Labute approximate surface area is 127 Å². The topological polar surface area (TPSA) is 29.9 Å². The van der Waals surface area contributed by atoms with Crippen molar-refractivity contribution in [2.75, 3.05) is 5.32 Å². The Kier molecular flexibility index (Phi) is 3.55. The minimum absolute atomic E-state index is 0.143. The molecule has 1 N–H and O–H groups in total. The van der Waals surface area contributed by atoms with Gasteiger partial charge in [0.15, 0.2) is 0 Å². The van der Waals surface area contributed by atoms with Crippen LogP contribution in [0.3, 0.4) is 0 Å². The predicted molar refractivity (Wildman–Crippen MR) is 84.2 cm³/mol. The molecule has 0 aliphatic carbocycles. The number of rotatable bonds is 3. The zero-order valence-electron chi connectivity index (χ0n) is 11.8. The van der Waals surface area contributed by atoms with E-state index in [1.54, 1.807) is 6.07 Å². The van der Waals surface area contributed by atoms with Gasteiger partial charge in [-0.2, -0.15) is 0 Å². The Morgan fingerprint density at radius 3 is 2.76 bits per heavy atom. The molecule has 5 heteroatoms. The van der Waals surface area contributed by atoms with Crippen LogP contribution in [0.4, 0.5) is 10.1 Å². The van der Waals surface area contributed by atoms with E-state index in [1.807, 2.05) is 42.8 Å². The Morgan fingerprint density at radius 1 is 1.24 bits per heavy atom. The third-order valence-electron chi connectivity index (χ3n) is 3.51. The van der Waals surface area contributed by atoms with Crippen molar-refractivity contribution in [2.45, 2.75) is 13.0 Å². The molecular formula is C16H15ClFN3. The summed E-state index contributed by atoms with van der Waals surface area (Å²) in [6, 6.07) is 12.2. The van der Waals surface area contributed by atoms with E-state index in [4.69, 9.17) is 11.6 Å². The van der Waals surface area contributed by atoms with E-state index in [0.29, 0.717) is 10.7 Å². The summed E-state index contributed by atoms with van der Waals surface area (Å²) >= 11 is 5.91. The van der Waals surface area contributed by atoms with Crippen molar-refractivity contribution >= 4 is 28.3 Å². The Morgan fingerprint density at radius 2 is 2.00 bits per heavy atom. The first kappa shape index (κ1) is 13.9. The van der Waals surface area contributed by atoms with Crippen LogP contribution in [0, 0.1) is 5.82 Å². The fourth-order valence-corrected chi connectivity index (χ4v) is 2.63. The van der Waals surface area contributed by atoms with Crippen molar-refractivity contribution < 1.29 is 4.39 Å². The third-order valence-corrected chi connectivity index (χ3v) is 3.74. The number of anilines is 1. The lowest BCUT2D eigenvalue weighted by atomic mass is 10.2. The van der Waals surface area contributed by atoms with Gasteiger partial charge in [-0.3, -0.25) is 0 Å². The summed E-state index contributed by atoms with van der Waals surface area (Å²) in [5.74, 6) is 0.514. The third kappa shape index (κ3) is 2.59. The maximum Gasteiger partial charge on any atom is 0.146 e. The van der Waals surface area contributed by atoms with E-state index in [-0.39, 0.29) is 11.9 Å². The highest BCUT2D eigenvalue weighted by Gasteiger charge is 2.15. The Bertz CT molecular complexity index is 797. The van der Waals surface area contributed by atoms with Crippen molar-refractivity contribution in [3.63, 3.8) is 0 Å². The van der Waals surface area contributed by atoms with Gasteiger partial charge in [-0.1, -0.05) is 23.7 Å². The van der Waals surface area contributed by atoms with Gasteiger partial charge in [0, 0.05) is 12.1 Å². The molecule has 108 valence electrons. The molecule has 3 aromatic rings. The molecule has 0 bridgehead atoms. The fourth-order valence-electron chi connectivity index (χ4n) is 2.46. The van der Waals surface area contributed by atoms with Gasteiger partial charge in [0.05, 0.1) is 22.8 Å². The molecule has 1 aromatic heterocycles. The molecule has 0 amide bonds. The lowest BCUT2D eigenvalue weighted by Crippen LogP contribution is -2.12. The van der Waals surface area contributed by atoms with Crippen LogP contribution >= 0.6 is 11.6 Å². The summed E-state index contributed by atoms with van der Waals surface area (Å²) < 4.78 is 15.8. The van der Waals surface area contributed by atoms with Crippen LogP contribution in [0.1, 0.15) is 18.8 Å². The summed E-state index contributed by atoms with van der Waals surface area (Å²) in [7, 11) is 1.96. The second-order valence-electron chi connectivity index (χ2n) is 5.01. The van der Waals surface area contributed by atoms with Crippen LogP contribution < -0.4 is 5.32 Å². The van der Waals surface area contributed by atoms with E-state index >= 15 is 0 Å². The average Bonchev–Trinajstić information content (AvgIpc) is 2.81. The molecule has 1 unspecified atom stereocenters. The number of hydrogen-bond acceptors (Lipinski definition) is 2. The number of para-hydroxylation sites is 2. The first-order valence-corrected chi connectivity index (χ1v) is 7.07. The van der Waals surface area contributed by atoms with Crippen LogP contribution in [0.5, 0.6) is 0 Å². The number of aromatic nitrogens is 2. The maximum atomic E-state index is 13.8. The van der Waals surface area contributed by atoms with E-state index in [9.17, 15) is 4.39 Å². The van der Waals surface area contributed by atoms with Gasteiger partial charge in [0.1, 0.15) is 11.6 Å². The summed E-state index contributed by atoms with van der Waals surface area (Å²) in [6.45, 7) is 1.95. The van der Waals surface area contributed by atoms with E-state index in [1.165, 1.54) is 12.1 Å². The van der Waals surface area contributed by atoms with Crippen molar-refractivity contribution in [2.24, 2.45) is 7.05 Å². The summed E-state index contributed by atoms with van der Waals surface area (Å²) in [5.41, 5.74) is 2.35. The van der Waals surface area contributed by atoms with Gasteiger partial charge < -0.3 is 9.88 Å². The molecule has 3 nitrogen and oxygen atoms in total. The average molecular weight is 304 g/mol. The lowest BCUT2D eigenvalue weighted by molar-refractivity contribution is 0.624. The molecular weight excluding hydrogens is 289 g/mol. The van der Waals surface area contributed by atoms with E-state index in [2.05, 4.69) is 10.3 Å². The Balaban J connectivity index is 1.95. The molecule has 0 saturated heterocycles. The van der Waals surface area contributed by atoms with E-state index < -0.39 is 0 Å². The molecule has 0 saturated carbocycles. The predicted octanol–water partition coefficient (Wildman–Crippen LogP) is 4.54. The standard InChI is InChI=1S/C16H15ClFN3/c1-10(19-14-9-11(17)7-8-12(14)18)16-20-13-5-3-4-6-15(13)21(16)2/h3-10,19H,1-2H3. The van der Waals surface area contributed by atoms with Crippen LogP contribution in [-0.2, 0) is 7.05 Å². The molecule has 2 aromatic carbocycles. The largest absolute Gasteiger partial charge is 0.373 e. The quantitative estimate of drug-likeness (QED) is 0.770. The highest BCUT2D eigenvalue weighted by atomic mass is 35.5. The highest BCUT2D eigenvalue weighted by Crippen LogP contribution is 2.26. The summed E-state index contributed by atoms with van der Waals surface area (Å²) in [6.07, 6.45) is 0. The van der Waals surface area contributed by atoms with Crippen molar-refractivity contribution in [3.8, 4) is 0 Å². The van der Waals surface area contributed by atoms with Gasteiger partial charge in [-0.05, 0) is 37.3 Å². The summed E-state index contributed by atoms with van der Waals surface area (Å²) in [5, 5.41) is 3.62. The van der Waals surface area contributed by atoms with Gasteiger partial charge in [0.25, 0.3) is 0 Å². The molecule has 0 aliphatic rings. The maximum absolute atomic E-state index is 13.8. The van der Waals surface area contributed by atoms with E-state index in [0.717, 1.165) is 16.9 Å². The second-order valence-corrected chi connectivity index (χ2v) is 5.44. The fraction of sp³-hybridized carbons (Fsp3) is 0.188. The molecule has 0 aliphatic heterocycles. The normalized spacial score (nSPS) is 12.6. The molecule has 21 heavy (non-hydrogen) atoms. The first-order valence-electron chi connectivity index (χ1n) is 6.69. The van der Waals surface area contributed by atoms with Gasteiger partial charge in [-0.25, -0.2) is 9.37 Å². The van der Waals surface area contributed by atoms with Gasteiger partial charge >= 0.3 is 0 Å². The number of nitrogens with zero attached hydrogens (tertiary/aromatic N) is 2. The zero-order chi connectivity index (χ0) is 15.0. The van der Waals surface area contributed by atoms with Crippen LogP contribution in [0.2, 0.25) is 5.02 Å². The number of nitrogens with one attached hydrogen (secondary N) is 1. The number of hydrogen-bond donors (Lipinski definition) is 1. The smallest absolute Gasteiger partial charge is 0.146 e. The van der Waals surface area contributed by atoms with Gasteiger partial charge in [0.2, 0.25) is 0 Å². The monoisotopic (exact) mass is 303 g/mol. The summed E-state index contributed by atoms with van der Waals surface area (Å²) in [4.78, 5) is 4.61. The SMILES string of the molecule is CC(Nc1cc(Cl)ccc1F)c1nc2ccccc2n1C. The van der Waals surface area contributed by atoms with Crippen LogP contribution in [0.15, 0.2) is 42.5 Å². The number of imidazole rings is 1. The number of halogens is 2. The molecule has 0 spiro atoms. The number of fused-ring (bicyclic) bond motifs is 1. The van der Waals surface area contributed by atoms with Crippen LogP contribution in [-0.4, -0.2) is 9.55 Å². The zero-order valence-corrected chi connectivity index (χ0v) is 12.5. The molecule has 0 radical (unpaired) electrons. The van der Waals surface area contributed by atoms with Crippen LogP contribution in [0.25, 0.3) is 11.0 Å². The minimum Gasteiger partial charge on any atom is -0.373 e. The highest BCUT2D eigenvalue weighted by molar-refractivity contribution is 6.30. The van der Waals surface area contributed by atoms with Crippen molar-refractivity contribution in [3.05, 3.63) is 59.1 Å². The number of benzene rings is 2. The lowest BCUT2D eigenvalue weighted by Gasteiger charge is -2.16. The molecule has 3 rings (SSSR count). The first-order chi connectivity index (χ1) is 10.1. The number of aryl methyl sites for hydroxylation is 1. The minimum atomic E-state index is -0.329. The van der Waals surface area contributed by atoms with Gasteiger partial charge in [-0.15, -0.1) is 0 Å². The van der Waals surface area contributed by atoms with Crippen molar-refractivity contribution in [1.29, 1.82) is 0 Å². The molecule has 1 heterocycles. The van der Waals surface area contributed by atoms with Crippen molar-refractivity contribution in [1.82, 2.24) is 9.55 Å². The second kappa shape index (κ2) is 5.37. The Hall–Kier alpha value is -2.07.